The van der Waals surface area contributed by atoms with Crippen molar-refractivity contribution in [3.8, 4) is 22.5 Å². The molecule has 0 bridgehead atoms. The van der Waals surface area contributed by atoms with Crippen LogP contribution in [-0.4, -0.2) is 27.5 Å². The highest BCUT2D eigenvalue weighted by atomic mass is 16.7. The van der Waals surface area contributed by atoms with Gasteiger partial charge >= 0.3 is 7.12 Å². The number of benzene rings is 6. The van der Waals surface area contributed by atoms with Crippen LogP contribution in [0.3, 0.4) is 0 Å². The SMILES string of the molecule is CC1(C)OB(c2ccc3c(c2)c2ccccc2n3-c2ccc(-c3ccc(-n4c5ccccc5c5ccccc54)cc3)cc2)OC1(C)C. The lowest BCUT2D eigenvalue weighted by molar-refractivity contribution is 0.00578. The molecule has 228 valence electrons. The Morgan fingerprint density at radius 1 is 0.426 bits per heavy atom. The van der Waals surface area contributed by atoms with Crippen LogP contribution < -0.4 is 5.46 Å². The molecule has 0 atom stereocenters. The van der Waals surface area contributed by atoms with Crippen LogP contribution in [0.2, 0.25) is 0 Å². The highest BCUT2D eigenvalue weighted by Gasteiger charge is 2.51. The molecule has 0 radical (unpaired) electrons. The van der Waals surface area contributed by atoms with Crippen LogP contribution >= 0.6 is 0 Å². The fourth-order valence-corrected chi connectivity index (χ4v) is 7.20. The van der Waals surface area contributed by atoms with Gasteiger partial charge in [0.2, 0.25) is 0 Å². The first kappa shape index (κ1) is 28.2. The third kappa shape index (κ3) is 4.31. The molecule has 1 aliphatic rings. The summed E-state index contributed by atoms with van der Waals surface area (Å²) in [5.41, 5.74) is 9.73. The molecule has 0 spiro atoms. The molecule has 3 heterocycles. The zero-order valence-corrected chi connectivity index (χ0v) is 27.1. The van der Waals surface area contributed by atoms with E-state index in [0.29, 0.717) is 0 Å². The predicted molar refractivity (Wildman–Crippen MR) is 196 cm³/mol. The minimum absolute atomic E-state index is 0.381. The molecule has 0 N–H and O–H groups in total. The first-order valence-electron chi connectivity index (χ1n) is 16.4. The van der Waals surface area contributed by atoms with E-state index in [4.69, 9.17) is 9.31 Å². The van der Waals surface area contributed by atoms with E-state index >= 15 is 0 Å². The molecule has 9 rings (SSSR count). The van der Waals surface area contributed by atoms with Crippen molar-refractivity contribution in [2.24, 2.45) is 0 Å². The van der Waals surface area contributed by atoms with Gasteiger partial charge in [-0.3, -0.25) is 0 Å². The van der Waals surface area contributed by atoms with Crippen LogP contribution in [0.25, 0.3) is 66.1 Å². The molecule has 0 saturated carbocycles. The standard InChI is InChI=1S/C42H35BN2O2/c1-41(2)42(3,4)47-43(46-41)30-21-26-40-36(27-30)35-13-7-10-16-39(35)45(40)32-24-19-29(20-25-32)28-17-22-31(23-18-28)44-37-14-8-5-11-33(37)34-12-6-9-15-38(34)44/h5-27H,1-4H3. The Balaban J connectivity index is 1.07. The molecule has 1 aliphatic heterocycles. The van der Waals surface area contributed by atoms with Crippen molar-refractivity contribution in [3.05, 3.63) is 140 Å². The summed E-state index contributed by atoms with van der Waals surface area (Å²) < 4.78 is 17.5. The average Bonchev–Trinajstić information content (AvgIpc) is 3.68. The molecule has 0 aliphatic carbocycles. The number of rotatable bonds is 4. The van der Waals surface area contributed by atoms with Gasteiger partial charge in [-0.05, 0) is 92.8 Å². The Morgan fingerprint density at radius 3 is 1.26 bits per heavy atom. The van der Waals surface area contributed by atoms with Gasteiger partial charge in [-0.15, -0.1) is 0 Å². The molecule has 4 nitrogen and oxygen atoms in total. The van der Waals surface area contributed by atoms with E-state index in [-0.39, 0.29) is 11.2 Å². The molecule has 0 amide bonds. The molecule has 6 aromatic carbocycles. The second-order valence-electron chi connectivity index (χ2n) is 13.7. The van der Waals surface area contributed by atoms with Gasteiger partial charge in [0.25, 0.3) is 0 Å². The van der Waals surface area contributed by atoms with Crippen LogP contribution in [0.15, 0.2) is 140 Å². The van der Waals surface area contributed by atoms with Gasteiger partial charge in [0, 0.05) is 32.9 Å². The molecule has 2 aromatic heterocycles. The monoisotopic (exact) mass is 610 g/mol. The van der Waals surface area contributed by atoms with Gasteiger partial charge in [-0.25, -0.2) is 0 Å². The summed E-state index contributed by atoms with van der Waals surface area (Å²) >= 11 is 0. The van der Waals surface area contributed by atoms with Gasteiger partial charge in [0.15, 0.2) is 0 Å². The van der Waals surface area contributed by atoms with Crippen molar-refractivity contribution in [1.29, 1.82) is 0 Å². The maximum atomic E-state index is 6.39. The lowest BCUT2D eigenvalue weighted by Gasteiger charge is -2.32. The third-order valence-electron chi connectivity index (χ3n) is 10.4. The predicted octanol–water partition coefficient (Wildman–Crippen LogP) is 9.85. The summed E-state index contributed by atoms with van der Waals surface area (Å²) in [4.78, 5) is 0. The summed E-state index contributed by atoms with van der Waals surface area (Å²) in [6, 6.07) is 50.3. The normalized spacial score (nSPS) is 15.8. The van der Waals surface area contributed by atoms with E-state index in [2.05, 4.69) is 176 Å². The number of aromatic nitrogens is 2. The Morgan fingerprint density at radius 2 is 0.809 bits per heavy atom. The Labute approximate surface area is 274 Å². The summed E-state index contributed by atoms with van der Waals surface area (Å²) in [7, 11) is -0.396. The van der Waals surface area contributed by atoms with Gasteiger partial charge in [-0.2, -0.15) is 0 Å². The van der Waals surface area contributed by atoms with E-state index < -0.39 is 7.12 Å². The Hall–Kier alpha value is -5.10. The molecular weight excluding hydrogens is 575 g/mol. The molecule has 47 heavy (non-hydrogen) atoms. The fraction of sp³-hybridized carbons (Fsp3) is 0.143. The highest BCUT2D eigenvalue weighted by molar-refractivity contribution is 6.62. The van der Waals surface area contributed by atoms with Crippen LogP contribution in [-0.2, 0) is 9.31 Å². The van der Waals surface area contributed by atoms with Crippen LogP contribution in [0.1, 0.15) is 27.7 Å². The van der Waals surface area contributed by atoms with Gasteiger partial charge in [-0.1, -0.05) is 91.0 Å². The van der Waals surface area contributed by atoms with Crippen LogP contribution in [0.4, 0.5) is 0 Å². The molecule has 1 fully saturated rings. The first-order valence-corrected chi connectivity index (χ1v) is 16.4. The topological polar surface area (TPSA) is 28.3 Å². The summed E-state index contributed by atoms with van der Waals surface area (Å²) in [6.45, 7) is 8.39. The molecule has 5 heteroatoms. The van der Waals surface area contributed by atoms with Crippen molar-refractivity contribution in [1.82, 2.24) is 9.13 Å². The molecule has 0 unspecified atom stereocenters. The van der Waals surface area contributed by atoms with E-state index in [1.54, 1.807) is 0 Å². The average molecular weight is 611 g/mol. The van der Waals surface area contributed by atoms with Crippen molar-refractivity contribution in [2.45, 2.75) is 38.9 Å². The molecular formula is C42H35BN2O2. The Bertz CT molecular complexity index is 2400. The van der Waals surface area contributed by atoms with Crippen molar-refractivity contribution in [2.75, 3.05) is 0 Å². The number of nitrogens with zero attached hydrogens (tertiary/aromatic N) is 2. The van der Waals surface area contributed by atoms with E-state index in [1.165, 1.54) is 49.2 Å². The van der Waals surface area contributed by atoms with E-state index in [1.807, 2.05) is 0 Å². The smallest absolute Gasteiger partial charge is 0.399 e. The Kier molecular flexibility index (Phi) is 6.11. The quantitative estimate of drug-likeness (QED) is 0.186. The second kappa shape index (κ2) is 10.2. The van der Waals surface area contributed by atoms with Crippen LogP contribution in [0.5, 0.6) is 0 Å². The van der Waals surface area contributed by atoms with Gasteiger partial charge in [0.1, 0.15) is 0 Å². The van der Waals surface area contributed by atoms with Crippen molar-refractivity contribution in [3.63, 3.8) is 0 Å². The van der Waals surface area contributed by atoms with Crippen molar-refractivity contribution < 1.29 is 9.31 Å². The van der Waals surface area contributed by atoms with E-state index in [9.17, 15) is 0 Å². The number of fused-ring (bicyclic) bond motifs is 6. The summed E-state index contributed by atoms with van der Waals surface area (Å²) in [5, 5.41) is 4.96. The minimum atomic E-state index is -0.396. The maximum absolute atomic E-state index is 6.39. The third-order valence-corrected chi connectivity index (χ3v) is 10.4. The zero-order chi connectivity index (χ0) is 31.9. The second-order valence-corrected chi connectivity index (χ2v) is 13.7. The molecule has 8 aromatic rings. The summed E-state index contributed by atoms with van der Waals surface area (Å²) in [5.74, 6) is 0. The largest absolute Gasteiger partial charge is 0.494 e. The lowest BCUT2D eigenvalue weighted by atomic mass is 9.78. The molecule has 1 saturated heterocycles. The lowest BCUT2D eigenvalue weighted by Crippen LogP contribution is -2.41. The zero-order valence-electron chi connectivity index (χ0n) is 27.1. The van der Waals surface area contributed by atoms with Gasteiger partial charge < -0.3 is 18.4 Å². The number of hydrogen-bond donors (Lipinski definition) is 0. The summed E-state index contributed by atoms with van der Waals surface area (Å²) in [6.07, 6.45) is 0. The van der Waals surface area contributed by atoms with Gasteiger partial charge in [0.05, 0.1) is 33.3 Å². The highest BCUT2D eigenvalue weighted by Crippen LogP contribution is 2.38. The van der Waals surface area contributed by atoms with Crippen LogP contribution in [0, 0.1) is 0 Å². The maximum Gasteiger partial charge on any atom is 0.494 e. The number of para-hydroxylation sites is 3. The minimum Gasteiger partial charge on any atom is -0.399 e. The fourth-order valence-electron chi connectivity index (χ4n) is 7.20. The number of hydrogen-bond acceptors (Lipinski definition) is 2. The van der Waals surface area contributed by atoms with E-state index in [0.717, 1.165) is 22.4 Å². The first-order chi connectivity index (χ1) is 22.8. The van der Waals surface area contributed by atoms with Crippen molar-refractivity contribution >= 4 is 56.2 Å².